The van der Waals surface area contributed by atoms with Gasteiger partial charge in [-0.3, -0.25) is 14.4 Å². The molecule has 0 saturated carbocycles. The molecular weight excluding hydrogens is 496 g/mol. The number of allylic oxidation sites excluding steroid dienone is 1. The Balaban J connectivity index is 1.74. The maximum absolute atomic E-state index is 14.5. The first-order valence-electron chi connectivity index (χ1n) is 14.0. The molecule has 0 aliphatic carbocycles. The zero-order valence-corrected chi connectivity index (χ0v) is 23.4. The third-order valence-corrected chi connectivity index (χ3v) is 8.37. The van der Waals surface area contributed by atoms with E-state index in [1.165, 1.54) is 4.90 Å². The summed E-state index contributed by atoms with van der Waals surface area (Å²) < 4.78 is 12.2. The molecule has 39 heavy (non-hydrogen) atoms. The van der Waals surface area contributed by atoms with Gasteiger partial charge >= 0.3 is 5.97 Å². The summed E-state index contributed by atoms with van der Waals surface area (Å²) in [6.07, 6.45) is 6.45. The van der Waals surface area contributed by atoms with Crippen molar-refractivity contribution < 1.29 is 29.0 Å². The number of aliphatic hydroxyl groups excluding tert-OH is 1. The second kappa shape index (κ2) is 11.6. The second-order valence-corrected chi connectivity index (χ2v) is 11.8. The van der Waals surface area contributed by atoms with Crippen molar-refractivity contribution in [3.8, 4) is 0 Å². The van der Waals surface area contributed by atoms with Crippen LogP contribution in [0.25, 0.3) is 0 Å². The summed E-state index contributed by atoms with van der Waals surface area (Å²) in [6.45, 7) is 13.5. The molecule has 1 N–H and O–H groups in total. The lowest BCUT2D eigenvalue weighted by Crippen LogP contribution is -2.60. The second-order valence-electron chi connectivity index (χ2n) is 11.8. The molecule has 8 nitrogen and oxygen atoms in total. The highest BCUT2D eigenvalue weighted by Gasteiger charge is 2.76. The van der Waals surface area contributed by atoms with Gasteiger partial charge in [-0.15, -0.1) is 13.2 Å². The van der Waals surface area contributed by atoms with Crippen LogP contribution in [0.2, 0.25) is 0 Å². The largest absolute Gasteiger partial charge is 0.465 e. The van der Waals surface area contributed by atoms with E-state index >= 15 is 0 Å². The molecule has 3 aliphatic heterocycles. The maximum Gasteiger partial charge on any atom is 0.312 e. The Labute approximate surface area is 231 Å². The zero-order chi connectivity index (χ0) is 28.4. The number of fused-ring (bicyclic) bond motifs is 1. The van der Waals surface area contributed by atoms with Crippen LogP contribution in [0.5, 0.6) is 0 Å². The van der Waals surface area contributed by atoms with Crippen LogP contribution in [0.1, 0.15) is 64.5 Å². The number of benzene rings is 1. The van der Waals surface area contributed by atoms with Crippen molar-refractivity contribution in [1.29, 1.82) is 0 Å². The Hall–Kier alpha value is -2.97. The minimum absolute atomic E-state index is 0.260. The van der Waals surface area contributed by atoms with Crippen molar-refractivity contribution in [3.05, 3.63) is 61.2 Å². The fourth-order valence-corrected chi connectivity index (χ4v) is 6.63. The molecule has 4 rings (SSSR count). The summed E-state index contributed by atoms with van der Waals surface area (Å²) in [6, 6.07) is 7.43. The average molecular weight is 539 g/mol. The Morgan fingerprint density at radius 1 is 1.23 bits per heavy atom. The Morgan fingerprint density at radius 3 is 2.56 bits per heavy atom. The number of nitrogens with zero attached hydrogens (tertiary/aromatic N) is 2. The molecule has 212 valence electrons. The molecule has 3 saturated heterocycles. The first kappa shape index (κ1) is 29.0. The Bertz CT molecular complexity index is 1080. The number of hydrogen-bond donors (Lipinski definition) is 1. The number of unbranched alkanes of at least 4 members (excludes halogenated alkanes) is 2. The monoisotopic (exact) mass is 538 g/mol. The number of carbonyl (C=O) groups is 3. The van der Waals surface area contributed by atoms with Gasteiger partial charge in [-0.2, -0.15) is 0 Å². The van der Waals surface area contributed by atoms with Crippen LogP contribution in [0.3, 0.4) is 0 Å². The van der Waals surface area contributed by atoms with Gasteiger partial charge in [0.1, 0.15) is 11.6 Å². The molecular formula is C31H42N2O6. The average Bonchev–Trinajstić information content (AvgIpc) is 3.55. The van der Waals surface area contributed by atoms with Crippen LogP contribution in [-0.4, -0.2) is 75.7 Å². The number of ether oxygens (including phenoxy) is 2. The lowest BCUT2D eigenvalue weighted by molar-refractivity contribution is -0.157. The molecule has 1 aromatic rings. The minimum Gasteiger partial charge on any atom is -0.465 e. The van der Waals surface area contributed by atoms with Crippen LogP contribution >= 0.6 is 0 Å². The fraction of sp³-hybridized carbons (Fsp3) is 0.581. The van der Waals surface area contributed by atoms with E-state index in [4.69, 9.17) is 9.47 Å². The quantitative estimate of drug-likeness (QED) is 0.247. The summed E-state index contributed by atoms with van der Waals surface area (Å²) in [5.41, 5.74) is -1.01. The third-order valence-electron chi connectivity index (χ3n) is 8.37. The Morgan fingerprint density at radius 2 is 1.95 bits per heavy atom. The summed E-state index contributed by atoms with van der Waals surface area (Å²) in [5.74, 6) is -2.71. The predicted molar refractivity (Wildman–Crippen MR) is 147 cm³/mol. The number of hydrogen-bond acceptors (Lipinski definition) is 6. The molecule has 3 aliphatic rings. The number of amides is 2. The first-order chi connectivity index (χ1) is 18.6. The summed E-state index contributed by atoms with van der Waals surface area (Å²) >= 11 is 0. The van der Waals surface area contributed by atoms with Gasteiger partial charge in [-0.25, -0.2) is 0 Å². The number of rotatable bonds is 12. The van der Waals surface area contributed by atoms with E-state index in [9.17, 15) is 19.5 Å². The van der Waals surface area contributed by atoms with Crippen molar-refractivity contribution in [3.63, 3.8) is 0 Å². The van der Waals surface area contributed by atoms with Gasteiger partial charge in [0.05, 0.1) is 37.2 Å². The number of likely N-dealkylation sites (tertiary alicyclic amines) is 1. The predicted octanol–water partition coefficient (Wildman–Crippen LogP) is 3.81. The van der Waals surface area contributed by atoms with E-state index in [1.54, 1.807) is 11.0 Å². The van der Waals surface area contributed by atoms with E-state index in [2.05, 4.69) is 13.2 Å². The van der Waals surface area contributed by atoms with Crippen LogP contribution in [-0.2, 0) is 23.9 Å². The van der Waals surface area contributed by atoms with Crippen LogP contribution in [0.4, 0.5) is 0 Å². The van der Waals surface area contributed by atoms with E-state index in [-0.39, 0.29) is 31.6 Å². The molecule has 3 fully saturated rings. The summed E-state index contributed by atoms with van der Waals surface area (Å²) in [5, 5.41) is 10.6. The SMILES string of the molecule is C=CCCCCOC(=O)[C@@H]1[C@@H]2CCC3(O2)C(C(=O)N(CC=C)C(C)(C)C)N([C@H](CO)c2ccccc2)C(=O)[C@H]13. The lowest BCUT2D eigenvalue weighted by atomic mass is 9.70. The summed E-state index contributed by atoms with van der Waals surface area (Å²) in [4.78, 5) is 45.4. The van der Waals surface area contributed by atoms with Crippen molar-refractivity contribution in [2.45, 2.75) is 82.2 Å². The van der Waals surface area contributed by atoms with Gasteiger partial charge < -0.3 is 24.4 Å². The highest BCUT2D eigenvalue weighted by molar-refractivity contribution is 5.98. The smallest absolute Gasteiger partial charge is 0.312 e. The highest BCUT2D eigenvalue weighted by Crippen LogP contribution is 2.60. The normalized spacial score (nSPS) is 28.2. The molecule has 6 atom stereocenters. The Kier molecular flexibility index (Phi) is 8.66. The van der Waals surface area contributed by atoms with E-state index in [0.717, 1.165) is 12.8 Å². The molecule has 1 spiro atoms. The molecule has 0 radical (unpaired) electrons. The standard InChI is InChI=1S/C31H42N2O6/c1-6-8-9-13-19-38-29(37)24-23-16-17-31(39-23)25(24)27(35)33(22(20-34)21-14-11-10-12-15-21)26(31)28(36)32(18-7-2)30(3,4)5/h6-7,10-12,14-15,22-26,34H,1-2,8-9,13,16-20H2,3-5H3/t22-,23+,24-,25+,26?,31?/m1/s1. The minimum atomic E-state index is -1.17. The maximum atomic E-state index is 14.5. The fourth-order valence-electron chi connectivity index (χ4n) is 6.63. The molecule has 2 amide bonds. The third kappa shape index (κ3) is 5.16. The molecule has 3 heterocycles. The number of carbonyl (C=O) groups excluding carboxylic acids is 3. The van der Waals surface area contributed by atoms with Crippen molar-refractivity contribution in [2.24, 2.45) is 11.8 Å². The number of esters is 1. The van der Waals surface area contributed by atoms with Crippen LogP contribution in [0, 0.1) is 11.8 Å². The van der Waals surface area contributed by atoms with Gasteiger partial charge in [0, 0.05) is 12.1 Å². The van der Waals surface area contributed by atoms with E-state index in [1.807, 2.05) is 57.2 Å². The van der Waals surface area contributed by atoms with Crippen LogP contribution in [0.15, 0.2) is 55.6 Å². The molecule has 2 unspecified atom stereocenters. The van der Waals surface area contributed by atoms with E-state index < -0.39 is 47.1 Å². The lowest BCUT2D eigenvalue weighted by Gasteiger charge is -2.43. The first-order valence-corrected chi connectivity index (χ1v) is 14.0. The topological polar surface area (TPSA) is 96.4 Å². The highest BCUT2D eigenvalue weighted by atomic mass is 16.6. The van der Waals surface area contributed by atoms with E-state index in [0.29, 0.717) is 24.8 Å². The van der Waals surface area contributed by atoms with Crippen LogP contribution < -0.4 is 0 Å². The molecule has 8 heteroatoms. The zero-order valence-electron chi connectivity index (χ0n) is 23.4. The molecule has 1 aromatic carbocycles. The number of aliphatic hydroxyl groups is 1. The molecule has 2 bridgehead atoms. The van der Waals surface area contributed by atoms with Gasteiger partial charge in [0.25, 0.3) is 0 Å². The van der Waals surface area contributed by atoms with Gasteiger partial charge in [0.2, 0.25) is 11.8 Å². The van der Waals surface area contributed by atoms with Crippen molar-refractivity contribution in [1.82, 2.24) is 9.80 Å². The van der Waals surface area contributed by atoms with Gasteiger partial charge in [0.15, 0.2) is 0 Å². The van der Waals surface area contributed by atoms with Gasteiger partial charge in [-0.05, 0) is 58.4 Å². The summed E-state index contributed by atoms with van der Waals surface area (Å²) in [7, 11) is 0. The van der Waals surface area contributed by atoms with Crippen molar-refractivity contribution in [2.75, 3.05) is 19.8 Å². The molecule has 0 aromatic heterocycles. The van der Waals surface area contributed by atoms with Crippen molar-refractivity contribution >= 4 is 17.8 Å². The van der Waals surface area contributed by atoms with Gasteiger partial charge in [-0.1, -0.05) is 42.5 Å².